The molecular weight excluding hydrogens is 302 g/mol. The number of nitrogens with one attached hydrogen (secondary N) is 1. The minimum absolute atomic E-state index is 0.0968. The number of aliphatic hydroxyl groups excluding tert-OH is 1. The molecule has 1 atom stereocenters. The van der Waals surface area contributed by atoms with Gasteiger partial charge in [0.2, 0.25) is 5.91 Å². The smallest absolute Gasteiger partial charge is 0.341 e. The maximum absolute atomic E-state index is 12.3. The number of esters is 1. The summed E-state index contributed by atoms with van der Waals surface area (Å²) in [5.74, 6) is -0.514. The molecule has 1 amide bonds. The lowest BCUT2D eigenvalue weighted by molar-refractivity contribution is -0.116. The number of ether oxygens (including phenoxy) is 1. The fourth-order valence-electron chi connectivity index (χ4n) is 2.64. The van der Waals surface area contributed by atoms with E-state index in [0.717, 1.165) is 36.1 Å². The molecule has 6 heteroatoms. The van der Waals surface area contributed by atoms with E-state index in [2.05, 4.69) is 5.32 Å². The Balaban J connectivity index is 2.31. The van der Waals surface area contributed by atoms with Gasteiger partial charge in [-0.15, -0.1) is 11.3 Å². The van der Waals surface area contributed by atoms with Crippen molar-refractivity contribution in [1.29, 1.82) is 0 Å². The zero-order valence-corrected chi connectivity index (χ0v) is 13.9. The van der Waals surface area contributed by atoms with Crippen LogP contribution in [0.4, 0.5) is 5.00 Å². The Morgan fingerprint density at radius 2 is 2.18 bits per heavy atom. The lowest BCUT2D eigenvalue weighted by Crippen LogP contribution is -2.15. The molecular formula is C16H23NO4S. The number of aliphatic hydroxyl groups is 1. The predicted molar refractivity (Wildman–Crippen MR) is 86.3 cm³/mol. The molecule has 0 saturated heterocycles. The van der Waals surface area contributed by atoms with E-state index in [4.69, 9.17) is 4.74 Å². The third-order valence-electron chi connectivity index (χ3n) is 3.74. The molecule has 2 rings (SSSR count). The predicted octanol–water partition coefficient (Wildman–Crippen LogP) is 3.42. The molecule has 1 aliphatic carbocycles. The van der Waals surface area contributed by atoms with E-state index in [9.17, 15) is 14.7 Å². The number of thiophene rings is 1. The van der Waals surface area contributed by atoms with Crippen LogP contribution in [0, 0.1) is 0 Å². The van der Waals surface area contributed by atoms with Crippen LogP contribution in [-0.4, -0.2) is 23.6 Å². The third-order valence-corrected chi connectivity index (χ3v) is 4.98. The van der Waals surface area contributed by atoms with Gasteiger partial charge in [-0.3, -0.25) is 4.79 Å². The highest BCUT2D eigenvalue weighted by molar-refractivity contribution is 7.17. The molecule has 1 aliphatic rings. The highest BCUT2D eigenvalue weighted by atomic mass is 32.1. The summed E-state index contributed by atoms with van der Waals surface area (Å²) in [6.45, 7) is 4.07. The molecule has 0 bridgehead atoms. The van der Waals surface area contributed by atoms with Gasteiger partial charge in [-0.25, -0.2) is 4.79 Å². The van der Waals surface area contributed by atoms with E-state index in [1.54, 1.807) is 6.92 Å². The molecule has 0 aromatic carbocycles. The van der Waals surface area contributed by atoms with Crippen LogP contribution in [0.2, 0.25) is 0 Å². The molecule has 1 heterocycles. The number of hydrogen-bond donors (Lipinski definition) is 2. The molecule has 0 spiro atoms. The summed E-state index contributed by atoms with van der Waals surface area (Å²) in [5.41, 5.74) is 1.28. The van der Waals surface area contributed by atoms with Crippen molar-refractivity contribution < 1.29 is 19.4 Å². The van der Waals surface area contributed by atoms with Gasteiger partial charge >= 0.3 is 5.97 Å². The first kappa shape index (κ1) is 17.0. The van der Waals surface area contributed by atoms with Crippen molar-refractivity contribution >= 4 is 28.2 Å². The maximum Gasteiger partial charge on any atom is 0.341 e. The minimum Gasteiger partial charge on any atom is -0.462 e. The zero-order chi connectivity index (χ0) is 16.1. The normalized spacial score (nSPS) is 17.0. The van der Waals surface area contributed by atoms with Gasteiger partial charge in [-0.2, -0.15) is 0 Å². The van der Waals surface area contributed by atoms with Crippen LogP contribution >= 0.6 is 11.3 Å². The lowest BCUT2D eigenvalue weighted by atomic mass is 9.93. The number of unbranched alkanes of at least 4 members (excludes halogenated alkanes) is 1. The number of hydrogen-bond acceptors (Lipinski definition) is 5. The van der Waals surface area contributed by atoms with Crippen LogP contribution in [-0.2, 0) is 16.0 Å². The van der Waals surface area contributed by atoms with Crippen LogP contribution in [0.3, 0.4) is 0 Å². The van der Waals surface area contributed by atoms with Crippen molar-refractivity contribution in [3.8, 4) is 0 Å². The standard InChI is InChI=1S/C16H23NO4S/c1-3-5-9-12(19)17-15-13(16(20)21-4-2)10-7-6-8-11(18)14(10)22-15/h11,18H,3-9H2,1-2H3,(H,17,19)/t11-/m1/s1. The van der Waals surface area contributed by atoms with Crippen molar-refractivity contribution in [2.24, 2.45) is 0 Å². The molecule has 0 radical (unpaired) electrons. The average molecular weight is 325 g/mol. The number of anilines is 1. The molecule has 0 unspecified atom stereocenters. The van der Waals surface area contributed by atoms with E-state index in [-0.39, 0.29) is 12.5 Å². The Bertz CT molecular complexity index is 553. The zero-order valence-electron chi connectivity index (χ0n) is 13.1. The largest absolute Gasteiger partial charge is 0.462 e. The molecule has 1 aromatic rings. The van der Waals surface area contributed by atoms with Crippen LogP contribution in [0.5, 0.6) is 0 Å². The molecule has 2 N–H and O–H groups in total. The Labute approximate surface area is 134 Å². The summed E-state index contributed by atoms with van der Waals surface area (Å²) in [6.07, 6.45) is 3.90. The van der Waals surface area contributed by atoms with Crippen LogP contribution < -0.4 is 5.32 Å². The average Bonchev–Trinajstić information content (AvgIpc) is 2.85. The molecule has 22 heavy (non-hydrogen) atoms. The highest BCUT2D eigenvalue weighted by Gasteiger charge is 2.30. The van der Waals surface area contributed by atoms with Crippen molar-refractivity contribution in [3.63, 3.8) is 0 Å². The molecule has 5 nitrogen and oxygen atoms in total. The van der Waals surface area contributed by atoms with Gasteiger partial charge in [-0.05, 0) is 38.2 Å². The second kappa shape index (κ2) is 7.74. The Morgan fingerprint density at radius 1 is 1.41 bits per heavy atom. The third kappa shape index (κ3) is 3.67. The Kier molecular flexibility index (Phi) is 5.97. The molecule has 122 valence electrons. The van der Waals surface area contributed by atoms with Gasteiger partial charge in [0.25, 0.3) is 0 Å². The van der Waals surface area contributed by atoms with Gasteiger partial charge < -0.3 is 15.2 Å². The van der Waals surface area contributed by atoms with E-state index in [1.165, 1.54) is 11.3 Å². The van der Waals surface area contributed by atoms with Crippen molar-refractivity contribution in [2.75, 3.05) is 11.9 Å². The van der Waals surface area contributed by atoms with Gasteiger partial charge in [-0.1, -0.05) is 13.3 Å². The van der Waals surface area contributed by atoms with Crippen molar-refractivity contribution in [2.45, 2.75) is 58.5 Å². The fourth-order valence-corrected chi connectivity index (χ4v) is 3.91. The molecule has 0 fully saturated rings. The van der Waals surface area contributed by atoms with Crippen molar-refractivity contribution in [1.82, 2.24) is 0 Å². The number of carbonyl (C=O) groups is 2. The van der Waals surface area contributed by atoms with E-state index in [0.29, 0.717) is 23.4 Å². The van der Waals surface area contributed by atoms with E-state index < -0.39 is 12.1 Å². The van der Waals surface area contributed by atoms with Gasteiger partial charge in [0.15, 0.2) is 0 Å². The fraction of sp³-hybridized carbons (Fsp3) is 0.625. The first-order chi connectivity index (χ1) is 10.6. The molecule has 1 aromatic heterocycles. The van der Waals surface area contributed by atoms with Crippen LogP contribution in [0.25, 0.3) is 0 Å². The number of fused-ring (bicyclic) bond motifs is 1. The second-order valence-corrected chi connectivity index (χ2v) is 6.48. The van der Waals surface area contributed by atoms with E-state index in [1.807, 2.05) is 6.92 Å². The van der Waals surface area contributed by atoms with Gasteiger partial charge in [0.05, 0.1) is 18.3 Å². The summed E-state index contributed by atoms with van der Waals surface area (Å²) in [4.78, 5) is 25.0. The summed E-state index contributed by atoms with van der Waals surface area (Å²) in [7, 11) is 0. The monoisotopic (exact) mass is 325 g/mol. The lowest BCUT2D eigenvalue weighted by Gasteiger charge is -2.17. The summed E-state index contributed by atoms with van der Waals surface area (Å²) < 4.78 is 5.13. The topological polar surface area (TPSA) is 75.6 Å². The SMILES string of the molecule is CCCCC(=O)Nc1sc2c(c1C(=O)OCC)CCC[C@H]2O. The van der Waals surface area contributed by atoms with Crippen molar-refractivity contribution in [3.05, 3.63) is 16.0 Å². The molecule has 0 aliphatic heterocycles. The Hall–Kier alpha value is -1.40. The summed E-state index contributed by atoms with van der Waals surface area (Å²) in [6, 6.07) is 0. The first-order valence-electron chi connectivity index (χ1n) is 7.89. The second-order valence-electron chi connectivity index (χ2n) is 5.43. The minimum atomic E-state index is -0.553. The number of amides is 1. The van der Waals surface area contributed by atoms with Gasteiger partial charge in [0.1, 0.15) is 5.00 Å². The maximum atomic E-state index is 12.3. The number of rotatable bonds is 6. The van der Waals surface area contributed by atoms with Crippen LogP contribution in [0.15, 0.2) is 0 Å². The van der Waals surface area contributed by atoms with Gasteiger partial charge in [0, 0.05) is 11.3 Å². The summed E-state index contributed by atoms with van der Waals surface area (Å²) >= 11 is 1.30. The number of carbonyl (C=O) groups excluding carboxylic acids is 2. The Morgan fingerprint density at radius 3 is 2.86 bits per heavy atom. The highest BCUT2D eigenvalue weighted by Crippen LogP contribution is 2.42. The van der Waals surface area contributed by atoms with E-state index >= 15 is 0 Å². The quantitative estimate of drug-likeness (QED) is 0.786. The van der Waals surface area contributed by atoms with Crippen LogP contribution in [0.1, 0.15) is 72.9 Å². The first-order valence-corrected chi connectivity index (χ1v) is 8.70. The summed E-state index contributed by atoms with van der Waals surface area (Å²) in [5, 5.41) is 13.5. The molecule has 0 saturated carbocycles.